The van der Waals surface area contributed by atoms with E-state index >= 15 is 0 Å². The van der Waals surface area contributed by atoms with Gasteiger partial charge in [-0.05, 0) is 24.3 Å². The highest BCUT2D eigenvalue weighted by Gasteiger charge is 2.25. The van der Waals surface area contributed by atoms with E-state index in [1.165, 1.54) is 11.3 Å². The van der Waals surface area contributed by atoms with Crippen molar-refractivity contribution in [2.75, 3.05) is 13.1 Å². The molecule has 3 heterocycles. The Morgan fingerprint density at radius 3 is 2.87 bits per heavy atom. The number of piperidine rings is 1. The van der Waals surface area contributed by atoms with Crippen LogP contribution < -0.4 is 5.32 Å². The Labute approximate surface area is 137 Å². The third-order valence-electron chi connectivity index (χ3n) is 3.93. The molecule has 0 aliphatic carbocycles. The van der Waals surface area contributed by atoms with Crippen molar-refractivity contribution in [3.63, 3.8) is 0 Å². The summed E-state index contributed by atoms with van der Waals surface area (Å²) in [7, 11) is 0. The van der Waals surface area contributed by atoms with E-state index in [4.69, 9.17) is 4.52 Å². The van der Waals surface area contributed by atoms with E-state index in [-0.39, 0.29) is 24.3 Å². The van der Waals surface area contributed by atoms with Crippen LogP contribution in [0.2, 0.25) is 0 Å². The van der Waals surface area contributed by atoms with Crippen molar-refractivity contribution in [2.45, 2.75) is 32.2 Å². The molecular weight excluding hydrogens is 316 g/mol. The second-order valence-electron chi connectivity index (χ2n) is 5.49. The molecule has 0 spiro atoms. The number of amides is 2. The van der Waals surface area contributed by atoms with Gasteiger partial charge in [0, 0.05) is 25.9 Å². The van der Waals surface area contributed by atoms with Crippen LogP contribution in [0.5, 0.6) is 0 Å². The maximum Gasteiger partial charge on any atom is 0.261 e. The van der Waals surface area contributed by atoms with Crippen LogP contribution in [0.3, 0.4) is 0 Å². The van der Waals surface area contributed by atoms with Gasteiger partial charge in [0.2, 0.25) is 11.8 Å². The summed E-state index contributed by atoms with van der Waals surface area (Å²) in [5, 5.41) is 8.63. The van der Waals surface area contributed by atoms with Gasteiger partial charge in [0.05, 0.1) is 11.4 Å². The van der Waals surface area contributed by atoms with Crippen molar-refractivity contribution in [3.8, 4) is 0 Å². The molecule has 2 amide bonds. The van der Waals surface area contributed by atoms with Crippen molar-refractivity contribution in [2.24, 2.45) is 0 Å². The largest absolute Gasteiger partial charge is 0.343 e. The van der Waals surface area contributed by atoms with Gasteiger partial charge in [0.1, 0.15) is 0 Å². The third kappa shape index (κ3) is 3.76. The molecule has 2 aromatic rings. The SMILES string of the molecule is CC(=O)N1CCC(c2noc(CNC(=O)c3cccs3)n2)CC1. The van der Waals surface area contributed by atoms with E-state index in [1.807, 2.05) is 16.3 Å². The molecule has 1 aliphatic rings. The highest BCUT2D eigenvalue weighted by Crippen LogP contribution is 2.25. The normalized spacial score (nSPS) is 15.6. The van der Waals surface area contributed by atoms with Crippen LogP contribution in [-0.4, -0.2) is 39.9 Å². The molecule has 0 radical (unpaired) electrons. The molecule has 1 aliphatic heterocycles. The summed E-state index contributed by atoms with van der Waals surface area (Å²) in [5.41, 5.74) is 0. The maximum atomic E-state index is 11.9. The number of nitrogens with zero attached hydrogens (tertiary/aromatic N) is 3. The van der Waals surface area contributed by atoms with Gasteiger partial charge in [-0.1, -0.05) is 11.2 Å². The van der Waals surface area contributed by atoms with E-state index in [2.05, 4.69) is 15.5 Å². The summed E-state index contributed by atoms with van der Waals surface area (Å²) >= 11 is 1.39. The van der Waals surface area contributed by atoms with Crippen LogP contribution >= 0.6 is 11.3 Å². The van der Waals surface area contributed by atoms with Crippen LogP contribution in [-0.2, 0) is 11.3 Å². The molecule has 0 bridgehead atoms. The Morgan fingerprint density at radius 2 is 2.22 bits per heavy atom. The second-order valence-corrected chi connectivity index (χ2v) is 6.43. The molecule has 23 heavy (non-hydrogen) atoms. The quantitative estimate of drug-likeness (QED) is 0.921. The number of aromatic nitrogens is 2. The summed E-state index contributed by atoms with van der Waals surface area (Å²) in [6.07, 6.45) is 1.67. The topological polar surface area (TPSA) is 88.3 Å². The molecule has 1 fully saturated rings. The van der Waals surface area contributed by atoms with Crippen LogP contribution in [0.1, 0.15) is 47.1 Å². The average Bonchev–Trinajstić information content (AvgIpc) is 3.24. The Morgan fingerprint density at radius 1 is 1.43 bits per heavy atom. The Bertz CT molecular complexity index is 675. The van der Waals surface area contributed by atoms with Gasteiger partial charge in [-0.3, -0.25) is 9.59 Å². The van der Waals surface area contributed by atoms with Gasteiger partial charge in [-0.25, -0.2) is 0 Å². The Hall–Kier alpha value is -2.22. The predicted molar refractivity (Wildman–Crippen MR) is 84.0 cm³/mol. The molecule has 0 unspecified atom stereocenters. The van der Waals surface area contributed by atoms with Gasteiger partial charge in [0.25, 0.3) is 5.91 Å². The first-order valence-electron chi connectivity index (χ1n) is 7.53. The smallest absolute Gasteiger partial charge is 0.261 e. The van der Waals surface area contributed by atoms with Gasteiger partial charge in [0.15, 0.2) is 5.82 Å². The summed E-state index contributed by atoms with van der Waals surface area (Å²) in [6.45, 7) is 3.25. The molecule has 0 saturated carbocycles. The molecular formula is C15H18N4O3S. The molecule has 0 atom stereocenters. The van der Waals surface area contributed by atoms with Crippen molar-refractivity contribution in [1.82, 2.24) is 20.4 Å². The molecule has 2 aromatic heterocycles. The maximum absolute atomic E-state index is 11.9. The fourth-order valence-electron chi connectivity index (χ4n) is 2.61. The van der Waals surface area contributed by atoms with Crippen LogP contribution in [0.4, 0.5) is 0 Å². The van der Waals surface area contributed by atoms with E-state index in [0.29, 0.717) is 16.6 Å². The summed E-state index contributed by atoms with van der Waals surface area (Å²) in [5.74, 6) is 1.23. The zero-order chi connectivity index (χ0) is 16.2. The van der Waals surface area contributed by atoms with Crippen LogP contribution in [0.25, 0.3) is 0 Å². The minimum absolute atomic E-state index is 0.105. The van der Waals surface area contributed by atoms with Gasteiger partial charge in [-0.15, -0.1) is 11.3 Å². The zero-order valence-corrected chi connectivity index (χ0v) is 13.6. The lowest BCUT2D eigenvalue weighted by Crippen LogP contribution is -2.36. The highest BCUT2D eigenvalue weighted by atomic mass is 32.1. The number of nitrogens with one attached hydrogen (secondary N) is 1. The number of carbonyl (C=O) groups is 2. The number of thiophene rings is 1. The molecule has 0 aromatic carbocycles. The minimum Gasteiger partial charge on any atom is -0.343 e. The Kier molecular flexibility index (Phi) is 4.71. The van der Waals surface area contributed by atoms with Gasteiger partial charge < -0.3 is 14.7 Å². The van der Waals surface area contributed by atoms with Crippen molar-refractivity contribution in [1.29, 1.82) is 0 Å². The summed E-state index contributed by atoms with van der Waals surface area (Å²) in [4.78, 5) is 30.0. The van der Waals surface area contributed by atoms with E-state index in [1.54, 1.807) is 13.0 Å². The molecule has 122 valence electrons. The molecule has 8 heteroatoms. The van der Waals surface area contributed by atoms with E-state index < -0.39 is 0 Å². The van der Waals surface area contributed by atoms with Crippen molar-refractivity contribution >= 4 is 23.2 Å². The number of rotatable bonds is 4. The van der Waals surface area contributed by atoms with Gasteiger partial charge in [-0.2, -0.15) is 4.98 Å². The number of hydrogen-bond donors (Lipinski definition) is 1. The fourth-order valence-corrected chi connectivity index (χ4v) is 3.25. The Balaban J connectivity index is 1.52. The molecule has 1 N–H and O–H groups in total. The number of hydrogen-bond acceptors (Lipinski definition) is 6. The van der Waals surface area contributed by atoms with E-state index in [0.717, 1.165) is 25.9 Å². The number of carbonyl (C=O) groups excluding carboxylic acids is 2. The van der Waals surface area contributed by atoms with Crippen LogP contribution in [0, 0.1) is 0 Å². The van der Waals surface area contributed by atoms with Crippen molar-refractivity contribution < 1.29 is 14.1 Å². The third-order valence-corrected chi connectivity index (χ3v) is 4.80. The highest BCUT2D eigenvalue weighted by molar-refractivity contribution is 7.12. The van der Waals surface area contributed by atoms with Crippen LogP contribution in [0.15, 0.2) is 22.0 Å². The lowest BCUT2D eigenvalue weighted by atomic mass is 9.96. The summed E-state index contributed by atoms with van der Waals surface area (Å²) < 4.78 is 5.21. The first kappa shape index (κ1) is 15.7. The summed E-state index contributed by atoms with van der Waals surface area (Å²) in [6, 6.07) is 3.60. The lowest BCUT2D eigenvalue weighted by Gasteiger charge is -2.29. The molecule has 3 rings (SSSR count). The average molecular weight is 334 g/mol. The monoisotopic (exact) mass is 334 g/mol. The minimum atomic E-state index is -0.144. The zero-order valence-electron chi connectivity index (χ0n) is 12.8. The second kappa shape index (κ2) is 6.91. The fraction of sp³-hybridized carbons (Fsp3) is 0.467. The van der Waals surface area contributed by atoms with Gasteiger partial charge >= 0.3 is 0 Å². The van der Waals surface area contributed by atoms with E-state index in [9.17, 15) is 9.59 Å². The first-order chi connectivity index (χ1) is 11.1. The van der Waals surface area contributed by atoms with Crippen molar-refractivity contribution in [3.05, 3.63) is 34.1 Å². The predicted octanol–water partition coefficient (Wildman–Crippen LogP) is 1.79. The first-order valence-corrected chi connectivity index (χ1v) is 8.41. The number of likely N-dealkylation sites (tertiary alicyclic amines) is 1. The molecule has 1 saturated heterocycles. The standard InChI is InChI=1S/C15H18N4O3S/c1-10(20)19-6-4-11(5-7-19)14-17-13(22-18-14)9-16-15(21)12-3-2-8-23-12/h2-3,8,11H,4-7,9H2,1H3,(H,16,21). The lowest BCUT2D eigenvalue weighted by molar-refractivity contribution is -0.129. The molecule has 7 nitrogen and oxygen atoms in total.